The Labute approximate surface area is 164 Å². The number of nitriles is 1. The molecule has 0 aliphatic carbocycles. The zero-order chi connectivity index (χ0) is 19.6. The van der Waals surface area contributed by atoms with Gasteiger partial charge in [0.1, 0.15) is 31.1 Å². The van der Waals surface area contributed by atoms with Crippen LogP contribution in [0.15, 0.2) is 36.4 Å². The third-order valence-corrected chi connectivity index (χ3v) is 4.30. The first-order chi connectivity index (χ1) is 13.0. The molecule has 6 heteroatoms. The van der Waals surface area contributed by atoms with E-state index in [1.807, 2.05) is 43.3 Å². The molecule has 0 aliphatic rings. The van der Waals surface area contributed by atoms with E-state index < -0.39 is 0 Å². The van der Waals surface area contributed by atoms with Crippen molar-refractivity contribution in [3.63, 3.8) is 0 Å². The smallest absolute Gasteiger partial charge is 0.234 e. The molecule has 0 fully saturated rings. The van der Waals surface area contributed by atoms with Crippen LogP contribution in [0.2, 0.25) is 5.02 Å². The molecule has 0 aromatic heterocycles. The second-order valence-corrected chi connectivity index (χ2v) is 6.57. The molecule has 0 radical (unpaired) electrons. The van der Waals surface area contributed by atoms with Crippen molar-refractivity contribution in [2.75, 3.05) is 19.8 Å². The number of carbonyl (C=O) groups is 1. The number of benzene rings is 2. The van der Waals surface area contributed by atoms with Gasteiger partial charge in [-0.1, -0.05) is 17.7 Å². The minimum absolute atomic E-state index is 0.144. The average molecular weight is 387 g/mol. The van der Waals surface area contributed by atoms with Crippen LogP contribution in [0.5, 0.6) is 11.5 Å². The van der Waals surface area contributed by atoms with Gasteiger partial charge >= 0.3 is 0 Å². The van der Waals surface area contributed by atoms with Gasteiger partial charge in [0.25, 0.3) is 0 Å². The van der Waals surface area contributed by atoms with Gasteiger partial charge < -0.3 is 14.8 Å². The van der Waals surface area contributed by atoms with Gasteiger partial charge in [0.15, 0.2) is 0 Å². The predicted molar refractivity (Wildman–Crippen MR) is 105 cm³/mol. The van der Waals surface area contributed by atoms with E-state index >= 15 is 0 Å². The number of ether oxygens (including phenoxy) is 2. The highest BCUT2D eigenvalue weighted by atomic mass is 35.5. The number of hydrogen-bond donors (Lipinski definition) is 1. The molecule has 0 saturated heterocycles. The van der Waals surface area contributed by atoms with Gasteiger partial charge in [-0.05, 0) is 67.3 Å². The third kappa shape index (κ3) is 6.84. The second kappa shape index (κ2) is 10.4. The first-order valence-corrected chi connectivity index (χ1v) is 9.12. The molecule has 27 heavy (non-hydrogen) atoms. The zero-order valence-corrected chi connectivity index (χ0v) is 16.3. The summed E-state index contributed by atoms with van der Waals surface area (Å²) in [5.74, 6) is 1.24. The molecule has 5 nitrogen and oxygen atoms in total. The standard InChI is InChI=1S/C21H23ClN2O3/c1-15-3-5-19(13-16(15)2)26-11-12-27-20-6-4-18(22)14-17(20)8-10-24-21(25)7-9-23/h3-6,13-14H,7-8,10-12H2,1-2H3,(H,24,25). The zero-order valence-electron chi connectivity index (χ0n) is 15.5. The lowest BCUT2D eigenvalue weighted by atomic mass is 10.1. The summed E-state index contributed by atoms with van der Waals surface area (Å²) in [6, 6.07) is 13.2. The van der Waals surface area contributed by atoms with Crippen molar-refractivity contribution in [2.45, 2.75) is 26.7 Å². The Bertz CT molecular complexity index is 831. The number of carbonyl (C=O) groups excluding carboxylic acids is 1. The molecule has 2 aromatic rings. The Morgan fingerprint density at radius 1 is 1.11 bits per heavy atom. The Kier molecular flexibility index (Phi) is 7.97. The number of hydrogen-bond acceptors (Lipinski definition) is 4. The van der Waals surface area contributed by atoms with Crippen LogP contribution in [-0.4, -0.2) is 25.7 Å². The van der Waals surface area contributed by atoms with Crippen molar-refractivity contribution in [3.05, 3.63) is 58.1 Å². The number of rotatable bonds is 9. The topological polar surface area (TPSA) is 71.3 Å². The van der Waals surface area contributed by atoms with Crippen molar-refractivity contribution >= 4 is 17.5 Å². The average Bonchev–Trinajstić information content (AvgIpc) is 2.63. The minimum Gasteiger partial charge on any atom is -0.490 e. The fourth-order valence-electron chi connectivity index (χ4n) is 2.47. The van der Waals surface area contributed by atoms with Crippen LogP contribution in [0.3, 0.4) is 0 Å². The largest absolute Gasteiger partial charge is 0.490 e. The lowest BCUT2D eigenvalue weighted by molar-refractivity contribution is -0.120. The van der Waals surface area contributed by atoms with E-state index in [4.69, 9.17) is 26.3 Å². The van der Waals surface area contributed by atoms with Crippen LogP contribution >= 0.6 is 11.6 Å². The van der Waals surface area contributed by atoms with E-state index in [1.54, 1.807) is 6.07 Å². The Hall–Kier alpha value is -2.71. The van der Waals surface area contributed by atoms with Gasteiger partial charge in [-0.3, -0.25) is 4.79 Å². The van der Waals surface area contributed by atoms with E-state index in [-0.39, 0.29) is 12.3 Å². The van der Waals surface area contributed by atoms with Crippen LogP contribution in [-0.2, 0) is 11.2 Å². The van der Waals surface area contributed by atoms with Crippen molar-refractivity contribution in [2.24, 2.45) is 0 Å². The van der Waals surface area contributed by atoms with E-state index in [1.165, 1.54) is 11.1 Å². The fraction of sp³-hybridized carbons (Fsp3) is 0.333. The molecule has 0 aliphatic heterocycles. The third-order valence-electron chi connectivity index (χ3n) is 4.07. The van der Waals surface area contributed by atoms with E-state index in [0.717, 1.165) is 11.3 Å². The number of amides is 1. The maximum atomic E-state index is 11.4. The predicted octanol–water partition coefficient (Wildman–Crippen LogP) is 3.99. The minimum atomic E-state index is -0.288. The lowest BCUT2D eigenvalue weighted by Crippen LogP contribution is -2.25. The summed E-state index contributed by atoms with van der Waals surface area (Å²) < 4.78 is 11.6. The summed E-state index contributed by atoms with van der Waals surface area (Å²) in [6.07, 6.45) is 0.416. The summed E-state index contributed by atoms with van der Waals surface area (Å²) in [4.78, 5) is 11.4. The molecular weight excluding hydrogens is 364 g/mol. The maximum Gasteiger partial charge on any atom is 0.234 e. The van der Waals surface area contributed by atoms with Crippen LogP contribution in [0.1, 0.15) is 23.1 Å². The van der Waals surface area contributed by atoms with Gasteiger partial charge in [-0.25, -0.2) is 0 Å². The maximum absolute atomic E-state index is 11.4. The fourth-order valence-corrected chi connectivity index (χ4v) is 2.66. The molecule has 0 atom stereocenters. The molecule has 0 spiro atoms. The molecule has 0 bridgehead atoms. The van der Waals surface area contributed by atoms with Crippen LogP contribution < -0.4 is 14.8 Å². The number of halogens is 1. The summed E-state index contributed by atoms with van der Waals surface area (Å²) >= 11 is 6.07. The van der Waals surface area contributed by atoms with Crippen molar-refractivity contribution < 1.29 is 14.3 Å². The summed E-state index contributed by atoms with van der Waals surface area (Å²) in [6.45, 7) is 5.34. The Morgan fingerprint density at radius 2 is 1.89 bits per heavy atom. The van der Waals surface area contributed by atoms with E-state index in [2.05, 4.69) is 12.2 Å². The van der Waals surface area contributed by atoms with Crippen molar-refractivity contribution in [1.29, 1.82) is 5.26 Å². The molecule has 0 saturated carbocycles. The summed E-state index contributed by atoms with van der Waals surface area (Å²) in [5.41, 5.74) is 3.31. The molecule has 2 aromatic carbocycles. The Balaban J connectivity index is 1.85. The summed E-state index contributed by atoms with van der Waals surface area (Å²) in [5, 5.41) is 11.8. The highest BCUT2D eigenvalue weighted by molar-refractivity contribution is 6.30. The van der Waals surface area contributed by atoms with Crippen LogP contribution in [0.4, 0.5) is 0 Å². The number of nitrogens with zero attached hydrogens (tertiary/aromatic N) is 1. The van der Waals surface area contributed by atoms with Crippen LogP contribution in [0, 0.1) is 25.2 Å². The first-order valence-electron chi connectivity index (χ1n) is 8.74. The molecule has 2 rings (SSSR count). The number of nitrogens with one attached hydrogen (secondary N) is 1. The molecule has 142 valence electrons. The van der Waals surface area contributed by atoms with Gasteiger partial charge in [0.05, 0.1) is 6.07 Å². The normalized spacial score (nSPS) is 10.1. The summed E-state index contributed by atoms with van der Waals surface area (Å²) in [7, 11) is 0. The van der Waals surface area contributed by atoms with Gasteiger partial charge in [0.2, 0.25) is 5.91 Å². The SMILES string of the molecule is Cc1ccc(OCCOc2ccc(Cl)cc2CCNC(=O)CC#N)cc1C. The van der Waals surface area contributed by atoms with Gasteiger partial charge in [0, 0.05) is 11.6 Å². The van der Waals surface area contributed by atoms with Crippen LogP contribution in [0.25, 0.3) is 0 Å². The van der Waals surface area contributed by atoms with E-state index in [0.29, 0.717) is 37.0 Å². The Morgan fingerprint density at radius 3 is 2.63 bits per heavy atom. The van der Waals surface area contributed by atoms with E-state index in [9.17, 15) is 4.79 Å². The number of aryl methyl sites for hydroxylation is 2. The highest BCUT2D eigenvalue weighted by Gasteiger charge is 2.07. The van der Waals surface area contributed by atoms with Crippen molar-refractivity contribution in [1.82, 2.24) is 5.32 Å². The molecule has 1 amide bonds. The lowest BCUT2D eigenvalue weighted by Gasteiger charge is -2.13. The molecular formula is C21H23ClN2O3. The van der Waals surface area contributed by atoms with Crippen molar-refractivity contribution in [3.8, 4) is 17.6 Å². The second-order valence-electron chi connectivity index (χ2n) is 6.13. The monoisotopic (exact) mass is 386 g/mol. The highest BCUT2D eigenvalue weighted by Crippen LogP contribution is 2.23. The molecule has 1 N–H and O–H groups in total. The van der Waals surface area contributed by atoms with Gasteiger partial charge in [-0.2, -0.15) is 5.26 Å². The first kappa shape index (κ1) is 20.6. The van der Waals surface area contributed by atoms with Gasteiger partial charge in [-0.15, -0.1) is 0 Å². The molecule has 0 unspecified atom stereocenters. The quantitative estimate of drug-likeness (QED) is 0.661. The molecule has 0 heterocycles.